The molecule has 94 valence electrons. The number of benzene rings is 1. The summed E-state index contributed by atoms with van der Waals surface area (Å²) in [4.78, 5) is 0.163. The Morgan fingerprint density at radius 3 is 2.29 bits per heavy atom. The number of hydrogen-bond donors (Lipinski definition) is 0. The van der Waals surface area contributed by atoms with Crippen LogP contribution in [0.5, 0.6) is 5.75 Å². The van der Waals surface area contributed by atoms with E-state index >= 15 is 0 Å². The Kier molecular flexibility index (Phi) is 4.16. The topological polar surface area (TPSA) is 46.6 Å². The lowest BCUT2D eigenvalue weighted by atomic mass is 10.2. The van der Waals surface area contributed by atoms with Crippen molar-refractivity contribution in [3.05, 3.63) is 30.7 Å². The number of ether oxygens (including phenoxy) is 1. The molecule has 2 radical (unpaired) electrons. The van der Waals surface area contributed by atoms with Crippen molar-refractivity contribution in [3.63, 3.8) is 0 Å². The molecule has 17 heavy (non-hydrogen) atoms. The fraction of sp³-hybridized carbons (Fsp3) is 0.417. The van der Waals surface area contributed by atoms with Crippen LogP contribution in [-0.2, 0) is 10.0 Å². The summed E-state index contributed by atoms with van der Waals surface area (Å²) < 4.78 is 30.3. The van der Waals surface area contributed by atoms with Crippen LogP contribution in [0.1, 0.15) is 19.4 Å². The number of nitrogens with zero attached hydrogens (tertiary/aromatic N) is 1. The predicted octanol–water partition coefficient (Wildman–Crippen LogP) is 1.78. The quantitative estimate of drug-likeness (QED) is 0.824. The highest BCUT2D eigenvalue weighted by Gasteiger charge is 2.18. The molecule has 0 N–H and O–H groups in total. The molecule has 4 nitrogen and oxygen atoms in total. The highest BCUT2D eigenvalue weighted by Crippen LogP contribution is 2.23. The van der Waals surface area contributed by atoms with E-state index in [2.05, 4.69) is 0 Å². The molecule has 0 aliphatic heterocycles. The fourth-order valence-electron chi connectivity index (χ4n) is 1.26. The first-order valence-electron chi connectivity index (χ1n) is 5.24. The molecule has 5 heteroatoms. The number of rotatable bonds is 4. The van der Waals surface area contributed by atoms with Crippen molar-refractivity contribution in [2.75, 3.05) is 14.1 Å². The zero-order valence-corrected chi connectivity index (χ0v) is 11.3. The van der Waals surface area contributed by atoms with Crippen LogP contribution in [0, 0.1) is 6.92 Å². The van der Waals surface area contributed by atoms with Gasteiger partial charge < -0.3 is 4.74 Å². The maximum absolute atomic E-state index is 11.8. The van der Waals surface area contributed by atoms with Crippen LogP contribution in [0.3, 0.4) is 0 Å². The molecule has 0 fully saturated rings. The molecule has 0 bridgehead atoms. The van der Waals surface area contributed by atoms with Crippen molar-refractivity contribution < 1.29 is 13.2 Å². The van der Waals surface area contributed by atoms with E-state index in [4.69, 9.17) is 11.7 Å². The molecule has 0 aliphatic rings. The highest BCUT2D eigenvalue weighted by molar-refractivity contribution is 7.89. The lowest BCUT2D eigenvalue weighted by molar-refractivity contribution is 0.241. The van der Waals surface area contributed by atoms with Gasteiger partial charge in [0.2, 0.25) is 10.0 Å². The lowest BCUT2D eigenvalue weighted by Crippen LogP contribution is -2.22. The minimum atomic E-state index is -3.45. The standard InChI is InChI=1S/C12H17NO3S/c1-9(2)16-12-7-6-11(8-10(12)3)17(14,15)13(4)5/h3,6-9H,1-2,4-5H3. The van der Waals surface area contributed by atoms with Gasteiger partial charge in [0, 0.05) is 21.0 Å². The van der Waals surface area contributed by atoms with Gasteiger partial charge in [0.25, 0.3) is 0 Å². The van der Waals surface area contributed by atoms with Gasteiger partial charge in [0.15, 0.2) is 0 Å². The van der Waals surface area contributed by atoms with Crippen molar-refractivity contribution in [1.29, 1.82) is 0 Å². The van der Waals surface area contributed by atoms with Gasteiger partial charge in [0.05, 0.1) is 11.0 Å². The third kappa shape index (κ3) is 3.20. The van der Waals surface area contributed by atoms with Crippen molar-refractivity contribution in [2.45, 2.75) is 24.8 Å². The highest BCUT2D eigenvalue weighted by atomic mass is 32.2. The Bertz CT molecular complexity index is 492. The molecule has 0 saturated carbocycles. The first-order chi connectivity index (χ1) is 7.75. The van der Waals surface area contributed by atoms with Gasteiger partial charge in [-0.1, -0.05) is 0 Å². The van der Waals surface area contributed by atoms with Crippen LogP contribution in [0.15, 0.2) is 23.1 Å². The molecule has 0 unspecified atom stereocenters. The Hall–Kier alpha value is -1.07. The normalized spacial score (nSPS) is 12.2. The maximum Gasteiger partial charge on any atom is 0.242 e. The molecule has 0 spiro atoms. The summed E-state index contributed by atoms with van der Waals surface area (Å²) in [5.41, 5.74) is 0.321. The minimum Gasteiger partial charge on any atom is -0.491 e. The summed E-state index contributed by atoms with van der Waals surface area (Å²) in [7, 11) is -0.494. The van der Waals surface area contributed by atoms with Crippen molar-refractivity contribution in [1.82, 2.24) is 4.31 Å². The summed E-state index contributed by atoms with van der Waals surface area (Å²) in [6, 6.07) is 4.47. The third-order valence-electron chi connectivity index (χ3n) is 2.12. The van der Waals surface area contributed by atoms with E-state index in [1.165, 1.54) is 26.2 Å². The van der Waals surface area contributed by atoms with Gasteiger partial charge in [0.1, 0.15) is 5.75 Å². The van der Waals surface area contributed by atoms with Crippen LogP contribution in [0.2, 0.25) is 0 Å². The zero-order valence-electron chi connectivity index (χ0n) is 10.5. The SMILES string of the molecule is [CH]c1cc(S(=O)(=O)N(C)C)ccc1OC(C)C. The Labute approximate surface area is 103 Å². The molecule has 0 aliphatic carbocycles. The molecule has 0 saturated heterocycles. The molecule has 1 aromatic carbocycles. The van der Waals surface area contributed by atoms with Gasteiger partial charge in [-0.15, -0.1) is 0 Å². The average Bonchev–Trinajstić information content (AvgIpc) is 2.20. The van der Waals surface area contributed by atoms with E-state index in [9.17, 15) is 8.42 Å². The maximum atomic E-state index is 11.8. The fourth-order valence-corrected chi connectivity index (χ4v) is 2.20. The lowest BCUT2D eigenvalue weighted by Gasteiger charge is -2.15. The third-order valence-corrected chi connectivity index (χ3v) is 3.93. The number of hydrogen-bond acceptors (Lipinski definition) is 3. The summed E-state index contributed by atoms with van der Waals surface area (Å²) in [5, 5.41) is 0. The van der Waals surface area contributed by atoms with Crippen LogP contribution >= 0.6 is 0 Å². The Morgan fingerprint density at radius 1 is 1.29 bits per heavy atom. The molecule has 1 rings (SSSR count). The molecule has 1 aromatic rings. The Morgan fingerprint density at radius 2 is 1.88 bits per heavy atom. The van der Waals surface area contributed by atoms with Gasteiger partial charge >= 0.3 is 0 Å². The summed E-state index contributed by atoms with van der Waals surface area (Å²) in [6.07, 6.45) is -0.00592. The largest absolute Gasteiger partial charge is 0.491 e. The second-order valence-electron chi connectivity index (χ2n) is 4.15. The van der Waals surface area contributed by atoms with Crippen LogP contribution < -0.4 is 4.74 Å². The second-order valence-corrected chi connectivity index (χ2v) is 6.31. The molecule has 0 amide bonds. The first kappa shape index (κ1) is 14.0. The van der Waals surface area contributed by atoms with Gasteiger partial charge in [-0.05, 0) is 37.6 Å². The van der Waals surface area contributed by atoms with Crippen LogP contribution in [-0.4, -0.2) is 32.9 Å². The summed E-state index contributed by atoms with van der Waals surface area (Å²) in [5.74, 6) is 0.498. The van der Waals surface area contributed by atoms with Crippen molar-refractivity contribution >= 4 is 10.0 Å². The van der Waals surface area contributed by atoms with E-state index in [0.29, 0.717) is 11.3 Å². The van der Waals surface area contributed by atoms with E-state index in [-0.39, 0.29) is 11.0 Å². The molecule has 0 atom stereocenters. The Balaban J connectivity index is 3.13. The van der Waals surface area contributed by atoms with E-state index < -0.39 is 10.0 Å². The first-order valence-corrected chi connectivity index (χ1v) is 6.68. The molecule has 0 aromatic heterocycles. The molecule has 0 heterocycles. The second kappa shape index (κ2) is 5.06. The predicted molar refractivity (Wildman–Crippen MR) is 66.5 cm³/mol. The average molecular weight is 255 g/mol. The smallest absolute Gasteiger partial charge is 0.242 e. The monoisotopic (exact) mass is 255 g/mol. The van der Waals surface area contributed by atoms with Crippen LogP contribution in [0.25, 0.3) is 0 Å². The van der Waals surface area contributed by atoms with Crippen LogP contribution in [0.4, 0.5) is 0 Å². The summed E-state index contributed by atoms with van der Waals surface area (Å²) in [6.45, 7) is 9.52. The molecular weight excluding hydrogens is 238 g/mol. The van der Waals surface area contributed by atoms with E-state index in [1.807, 2.05) is 13.8 Å². The van der Waals surface area contributed by atoms with E-state index in [1.54, 1.807) is 6.07 Å². The van der Waals surface area contributed by atoms with Gasteiger partial charge in [-0.3, -0.25) is 0 Å². The zero-order chi connectivity index (χ0) is 13.2. The van der Waals surface area contributed by atoms with Crippen molar-refractivity contribution in [3.8, 4) is 5.75 Å². The van der Waals surface area contributed by atoms with Gasteiger partial charge in [-0.2, -0.15) is 0 Å². The summed E-state index contributed by atoms with van der Waals surface area (Å²) >= 11 is 0. The van der Waals surface area contributed by atoms with Crippen molar-refractivity contribution in [2.24, 2.45) is 0 Å². The number of sulfonamides is 1. The minimum absolute atomic E-state index is 0.00592. The van der Waals surface area contributed by atoms with Gasteiger partial charge in [-0.25, -0.2) is 12.7 Å². The molecular formula is C12H17NO3S. The van der Waals surface area contributed by atoms with E-state index in [0.717, 1.165) is 4.31 Å².